The van der Waals surface area contributed by atoms with E-state index in [-0.39, 0.29) is 12.1 Å². The van der Waals surface area contributed by atoms with E-state index in [4.69, 9.17) is 7.85 Å². The monoisotopic (exact) mass is 164 g/mol. The van der Waals surface area contributed by atoms with E-state index >= 15 is 0 Å². The normalized spacial score (nSPS) is 14.2. The van der Waals surface area contributed by atoms with Crippen LogP contribution in [0, 0.1) is 17.5 Å². The minimum atomic E-state index is -3.02. The summed E-state index contributed by atoms with van der Waals surface area (Å²) in [4.78, 5) is 0. The summed E-state index contributed by atoms with van der Waals surface area (Å²) in [5, 5.41) is 8.69. The topological polar surface area (TPSA) is 20.2 Å². The molecule has 0 bridgehead atoms. The highest BCUT2D eigenvalue weighted by atomic mass is 19.2. The van der Waals surface area contributed by atoms with Gasteiger partial charge in [-0.3, -0.25) is 0 Å². The van der Waals surface area contributed by atoms with Gasteiger partial charge in [0.25, 0.3) is 0 Å². The van der Waals surface area contributed by atoms with Gasteiger partial charge in [0.05, 0.1) is 9.30 Å². The van der Waals surface area contributed by atoms with Crippen molar-refractivity contribution in [1.82, 2.24) is 0 Å². The Morgan fingerprint density at radius 3 is 2.27 bits per heavy atom. The molecule has 0 radical (unpaired) electrons. The van der Waals surface area contributed by atoms with Crippen LogP contribution in [-0.4, -0.2) is 5.11 Å². The predicted molar refractivity (Wildman–Crippen MR) is 32.2 cm³/mol. The van der Waals surface area contributed by atoms with E-state index in [1.807, 2.05) is 0 Å². The van der Waals surface area contributed by atoms with Crippen LogP contribution >= 0.6 is 0 Å². The van der Waals surface area contributed by atoms with Gasteiger partial charge in [0, 0.05) is 11.6 Å². The largest absolute Gasteiger partial charge is 0.392 e. The van der Waals surface area contributed by atoms with E-state index in [9.17, 15) is 13.2 Å². The summed E-state index contributed by atoms with van der Waals surface area (Å²) in [6.45, 7) is -3.02. The average molecular weight is 164 g/mol. The van der Waals surface area contributed by atoms with Crippen molar-refractivity contribution in [3.63, 3.8) is 0 Å². The Kier molecular flexibility index (Phi) is 1.49. The number of halogens is 3. The Morgan fingerprint density at radius 2 is 1.73 bits per heavy atom. The van der Waals surface area contributed by atoms with Crippen LogP contribution < -0.4 is 0 Å². The molecule has 0 atom stereocenters. The van der Waals surface area contributed by atoms with Crippen molar-refractivity contribution < 1.29 is 21.0 Å². The van der Waals surface area contributed by atoms with Crippen LogP contribution in [0.3, 0.4) is 0 Å². The van der Waals surface area contributed by atoms with E-state index in [1.165, 1.54) is 0 Å². The molecule has 0 saturated heterocycles. The van der Waals surface area contributed by atoms with E-state index in [0.29, 0.717) is 0 Å². The molecule has 0 fully saturated rings. The van der Waals surface area contributed by atoms with Gasteiger partial charge in [-0.15, -0.1) is 0 Å². The summed E-state index contributed by atoms with van der Waals surface area (Å²) < 4.78 is 50.9. The van der Waals surface area contributed by atoms with E-state index < -0.39 is 29.6 Å². The number of rotatable bonds is 1. The summed E-state index contributed by atoms with van der Waals surface area (Å²) >= 11 is 0. The zero-order chi connectivity index (χ0) is 10.2. The van der Waals surface area contributed by atoms with Crippen molar-refractivity contribution in [3.8, 4) is 0 Å². The van der Waals surface area contributed by atoms with Gasteiger partial charge in [-0.2, -0.15) is 0 Å². The summed E-state index contributed by atoms with van der Waals surface area (Å²) in [6, 6.07) is 0.462. The Balaban J connectivity index is 3.32. The SMILES string of the molecule is [2H]C([2H])(O)c1cc(F)c(F)cc1F. The Hall–Kier alpha value is -1.03. The summed E-state index contributed by atoms with van der Waals surface area (Å²) in [6.07, 6.45) is 0. The highest BCUT2D eigenvalue weighted by molar-refractivity contribution is 5.18. The minimum absolute atomic E-state index is 0.179. The van der Waals surface area contributed by atoms with Gasteiger partial charge in [0.1, 0.15) is 5.82 Å². The maximum Gasteiger partial charge on any atom is 0.161 e. The molecule has 0 unspecified atom stereocenters. The smallest absolute Gasteiger partial charge is 0.161 e. The van der Waals surface area contributed by atoms with Crippen LogP contribution in [0.5, 0.6) is 0 Å². The number of benzene rings is 1. The van der Waals surface area contributed by atoms with E-state index in [0.717, 1.165) is 0 Å². The van der Waals surface area contributed by atoms with Crippen LogP contribution in [0.1, 0.15) is 8.30 Å². The fraction of sp³-hybridized carbons (Fsp3) is 0.143. The molecule has 0 aliphatic carbocycles. The van der Waals surface area contributed by atoms with Crippen molar-refractivity contribution >= 4 is 0 Å². The highest BCUT2D eigenvalue weighted by Crippen LogP contribution is 2.12. The Labute approximate surface area is 63.9 Å². The quantitative estimate of drug-likeness (QED) is 0.625. The van der Waals surface area contributed by atoms with Crippen LogP contribution in [0.15, 0.2) is 12.1 Å². The van der Waals surface area contributed by atoms with Gasteiger partial charge in [0.2, 0.25) is 0 Å². The van der Waals surface area contributed by atoms with Gasteiger partial charge in [-0.1, -0.05) is 0 Å². The zero-order valence-electron chi connectivity index (χ0n) is 7.24. The number of aliphatic hydroxyl groups is 1. The second-order valence-corrected chi connectivity index (χ2v) is 1.86. The third-order valence-corrected chi connectivity index (χ3v) is 1.13. The molecule has 1 aromatic carbocycles. The first kappa shape index (κ1) is 5.60. The predicted octanol–water partition coefficient (Wildman–Crippen LogP) is 1.60. The molecule has 1 aromatic rings. The summed E-state index contributed by atoms with van der Waals surface area (Å²) in [5.74, 6) is -4.16. The lowest BCUT2D eigenvalue weighted by molar-refractivity contribution is 0.274. The second-order valence-electron chi connectivity index (χ2n) is 1.86. The fourth-order valence-electron chi connectivity index (χ4n) is 0.608. The van der Waals surface area contributed by atoms with Crippen LogP contribution in [0.4, 0.5) is 13.2 Å². The highest BCUT2D eigenvalue weighted by Gasteiger charge is 2.07. The number of hydrogen-bond acceptors (Lipinski definition) is 1. The van der Waals surface area contributed by atoms with Gasteiger partial charge in [-0.05, 0) is 6.07 Å². The van der Waals surface area contributed by atoms with Crippen molar-refractivity contribution in [1.29, 1.82) is 0 Å². The Morgan fingerprint density at radius 1 is 1.18 bits per heavy atom. The maximum atomic E-state index is 12.7. The van der Waals surface area contributed by atoms with Gasteiger partial charge in [-0.25, -0.2) is 13.2 Å². The molecular formula is C7H5F3O. The molecule has 60 valence electrons. The average Bonchev–Trinajstić information content (AvgIpc) is 1.94. The second kappa shape index (κ2) is 2.92. The lowest BCUT2D eigenvalue weighted by Crippen LogP contribution is -1.94. The standard InChI is InChI=1S/C7H5F3O/c8-5-2-7(10)6(9)1-4(5)3-11/h1-2,11H,3H2/i3D2. The molecule has 0 heterocycles. The summed E-state index contributed by atoms with van der Waals surface area (Å²) in [7, 11) is 0. The summed E-state index contributed by atoms with van der Waals surface area (Å²) in [5.41, 5.74) is -0.925. The zero-order valence-corrected chi connectivity index (χ0v) is 5.24. The fourth-order valence-corrected chi connectivity index (χ4v) is 0.608. The molecular weight excluding hydrogens is 157 g/mol. The maximum absolute atomic E-state index is 12.7. The van der Waals surface area contributed by atoms with Crippen LogP contribution in [0.2, 0.25) is 0 Å². The Bertz CT molecular complexity index is 335. The molecule has 11 heavy (non-hydrogen) atoms. The molecule has 0 saturated carbocycles. The minimum Gasteiger partial charge on any atom is -0.392 e. The van der Waals surface area contributed by atoms with Crippen molar-refractivity contribution in [2.45, 2.75) is 6.56 Å². The number of hydrogen-bond donors (Lipinski definition) is 1. The van der Waals surface area contributed by atoms with Crippen LogP contribution in [0.25, 0.3) is 0 Å². The van der Waals surface area contributed by atoms with E-state index in [2.05, 4.69) is 0 Å². The molecule has 4 heteroatoms. The molecule has 0 amide bonds. The van der Waals surface area contributed by atoms with Gasteiger partial charge >= 0.3 is 0 Å². The van der Waals surface area contributed by atoms with Crippen LogP contribution in [-0.2, 0) is 6.56 Å². The third kappa shape index (κ3) is 1.51. The van der Waals surface area contributed by atoms with Gasteiger partial charge < -0.3 is 5.11 Å². The van der Waals surface area contributed by atoms with Crippen molar-refractivity contribution in [2.75, 3.05) is 0 Å². The molecule has 1 N–H and O–H groups in total. The first-order valence-electron chi connectivity index (χ1n) is 3.70. The first-order chi connectivity index (χ1) is 5.82. The van der Waals surface area contributed by atoms with E-state index in [1.54, 1.807) is 0 Å². The molecule has 0 aromatic heterocycles. The molecule has 1 rings (SSSR count). The lowest BCUT2D eigenvalue weighted by Gasteiger charge is -1.98. The van der Waals surface area contributed by atoms with Crippen molar-refractivity contribution in [2.24, 2.45) is 0 Å². The molecule has 0 aliphatic heterocycles. The lowest BCUT2D eigenvalue weighted by atomic mass is 10.2. The third-order valence-electron chi connectivity index (χ3n) is 1.13. The molecule has 0 spiro atoms. The first-order valence-corrected chi connectivity index (χ1v) is 2.70. The molecule has 1 nitrogen and oxygen atoms in total. The van der Waals surface area contributed by atoms with Gasteiger partial charge in [0.15, 0.2) is 11.6 Å². The molecule has 0 aliphatic rings. The van der Waals surface area contributed by atoms with Crippen molar-refractivity contribution in [3.05, 3.63) is 35.1 Å².